The summed E-state index contributed by atoms with van der Waals surface area (Å²) in [6, 6.07) is 7.85. The van der Waals surface area contributed by atoms with Gasteiger partial charge in [-0.15, -0.1) is 0 Å². The molecule has 20 heavy (non-hydrogen) atoms. The van der Waals surface area contributed by atoms with Crippen LogP contribution in [0.25, 0.3) is 10.9 Å². The van der Waals surface area contributed by atoms with Gasteiger partial charge in [0.1, 0.15) is 0 Å². The van der Waals surface area contributed by atoms with Crippen molar-refractivity contribution in [1.29, 1.82) is 0 Å². The molecule has 3 nitrogen and oxygen atoms in total. The van der Waals surface area contributed by atoms with Gasteiger partial charge in [0.05, 0.1) is 5.56 Å². The first kappa shape index (κ1) is 12.0. The molecule has 0 saturated heterocycles. The Kier molecular flexibility index (Phi) is 2.62. The molecule has 3 heteroatoms. The van der Waals surface area contributed by atoms with Gasteiger partial charge < -0.3 is 9.67 Å². The van der Waals surface area contributed by atoms with Crippen molar-refractivity contribution < 1.29 is 9.90 Å². The Morgan fingerprint density at radius 2 is 2.10 bits per heavy atom. The van der Waals surface area contributed by atoms with Crippen LogP contribution < -0.4 is 0 Å². The van der Waals surface area contributed by atoms with Crippen molar-refractivity contribution in [3.63, 3.8) is 0 Å². The molecule has 0 amide bonds. The molecule has 104 valence electrons. The van der Waals surface area contributed by atoms with Gasteiger partial charge in [-0.05, 0) is 43.1 Å². The Bertz CT molecular complexity index is 673. The van der Waals surface area contributed by atoms with Gasteiger partial charge in [-0.25, -0.2) is 4.79 Å². The van der Waals surface area contributed by atoms with Crippen molar-refractivity contribution >= 4 is 16.9 Å². The zero-order valence-corrected chi connectivity index (χ0v) is 11.5. The van der Waals surface area contributed by atoms with Crippen molar-refractivity contribution in [3.8, 4) is 0 Å². The summed E-state index contributed by atoms with van der Waals surface area (Å²) in [5, 5.41) is 10.2. The normalized spacial score (nSPS) is 28.3. The molecule has 2 saturated carbocycles. The summed E-state index contributed by atoms with van der Waals surface area (Å²) in [7, 11) is 0. The highest BCUT2D eigenvalue weighted by Gasteiger charge is 2.39. The average molecular weight is 269 g/mol. The number of hydrogen-bond acceptors (Lipinski definition) is 1. The molecule has 2 fully saturated rings. The third kappa shape index (κ3) is 1.76. The molecule has 0 spiro atoms. The summed E-state index contributed by atoms with van der Waals surface area (Å²) in [5.74, 6) is 1.72. The van der Waals surface area contributed by atoms with Crippen molar-refractivity contribution in [1.82, 2.24) is 4.57 Å². The van der Waals surface area contributed by atoms with Crippen LogP contribution in [0.3, 0.4) is 0 Å². The number of benzene rings is 1. The number of aromatic carboxylic acids is 1. The van der Waals surface area contributed by atoms with Crippen LogP contribution in [-0.2, 0) is 6.54 Å². The van der Waals surface area contributed by atoms with E-state index in [1.54, 1.807) is 0 Å². The Labute approximate surface area is 118 Å². The van der Waals surface area contributed by atoms with E-state index in [4.69, 9.17) is 0 Å². The van der Waals surface area contributed by atoms with Crippen molar-refractivity contribution in [2.75, 3.05) is 0 Å². The van der Waals surface area contributed by atoms with Gasteiger partial charge in [-0.2, -0.15) is 0 Å². The fourth-order valence-corrected chi connectivity index (χ4v) is 4.42. The molecule has 4 rings (SSSR count). The number of carbonyl (C=O) groups is 1. The van der Waals surface area contributed by atoms with Crippen LogP contribution in [0.1, 0.15) is 36.0 Å². The molecule has 1 heterocycles. The predicted octanol–water partition coefficient (Wildman–Crippen LogP) is 3.78. The highest BCUT2D eigenvalue weighted by atomic mass is 16.4. The summed E-state index contributed by atoms with van der Waals surface area (Å²) < 4.78 is 2.17. The number of hydrogen-bond donors (Lipinski definition) is 1. The second-order valence-corrected chi connectivity index (χ2v) is 6.45. The Hall–Kier alpha value is -1.77. The van der Waals surface area contributed by atoms with Gasteiger partial charge in [0.25, 0.3) is 0 Å². The molecule has 1 N–H and O–H groups in total. The Morgan fingerprint density at radius 3 is 2.80 bits per heavy atom. The lowest BCUT2D eigenvalue weighted by Gasteiger charge is -2.22. The minimum atomic E-state index is -0.826. The number of aromatic nitrogens is 1. The molecule has 3 unspecified atom stereocenters. The molecule has 2 bridgehead atoms. The van der Waals surface area contributed by atoms with Crippen LogP contribution in [0.2, 0.25) is 0 Å². The second kappa shape index (κ2) is 4.37. The summed E-state index contributed by atoms with van der Waals surface area (Å²) in [4.78, 5) is 11.4. The van der Waals surface area contributed by atoms with Crippen LogP contribution in [0.15, 0.2) is 30.5 Å². The summed E-state index contributed by atoms with van der Waals surface area (Å²) in [6.45, 7) is 0.981. The zero-order valence-electron chi connectivity index (χ0n) is 11.5. The standard InChI is InChI=1S/C17H19NO2/c19-17(20)15-10-18(16-4-2-1-3-14(15)16)9-13-8-11-5-6-12(13)7-11/h1-4,10-13H,5-9H2,(H,19,20). The molecule has 1 aromatic carbocycles. The van der Waals surface area contributed by atoms with E-state index < -0.39 is 5.97 Å². The van der Waals surface area contributed by atoms with Gasteiger partial charge >= 0.3 is 5.97 Å². The number of para-hydroxylation sites is 1. The van der Waals surface area contributed by atoms with E-state index >= 15 is 0 Å². The number of fused-ring (bicyclic) bond motifs is 3. The maximum absolute atomic E-state index is 11.4. The van der Waals surface area contributed by atoms with E-state index in [9.17, 15) is 9.90 Å². The molecule has 1 aromatic heterocycles. The summed E-state index contributed by atoms with van der Waals surface area (Å²) in [5.41, 5.74) is 1.50. The Balaban J connectivity index is 1.71. The van der Waals surface area contributed by atoms with Crippen molar-refractivity contribution in [2.24, 2.45) is 17.8 Å². The fraction of sp³-hybridized carbons (Fsp3) is 0.471. The van der Waals surface area contributed by atoms with E-state index in [-0.39, 0.29) is 0 Å². The van der Waals surface area contributed by atoms with Crippen LogP contribution in [0.4, 0.5) is 0 Å². The lowest BCUT2D eigenvalue weighted by molar-refractivity contribution is 0.0698. The van der Waals surface area contributed by atoms with Crippen molar-refractivity contribution in [3.05, 3.63) is 36.0 Å². The van der Waals surface area contributed by atoms with Gasteiger partial charge in [0.15, 0.2) is 0 Å². The van der Waals surface area contributed by atoms with E-state index in [1.807, 2.05) is 30.5 Å². The second-order valence-electron chi connectivity index (χ2n) is 6.45. The molecule has 0 aliphatic heterocycles. The van der Waals surface area contributed by atoms with E-state index in [0.29, 0.717) is 5.56 Å². The largest absolute Gasteiger partial charge is 0.478 e. The number of rotatable bonds is 3. The van der Waals surface area contributed by atoms with Crippen LogP contribution in [0.5, 0.6) is 0 Å². The maximum atomic E-state index is 11.4. The van der Waals surface area contributed by atoms with E-state index in [1.165, 1.54) is 25.7 Å². The molecule has 2 aromatic rings. The van der Waals surface area contributed by atoms with Crippen molar-refractivity contribution in [2.45, 2.75) is 32.2 Å². The van der Waals surface area contributed by atoms with Gasteiger partial charge in [-0.1, -0.05) is 24.6 Å². The quantitative estimate of drug-likeness (QED) is 0.921. The first-order valence-electron chi connectivity index (χ1n) is 7.53. The first-order valence-corrected chi connectivity index (χ1v) is 7.53. The minimum absolute atomic E-state index is 0.434. The molecular weight excluding hydrogens is 250 g/mol. The van der Waals surface area contributed by atoms with Gasteiger partial charge in [-0.3, -0.25) is 0 Å². The minimum Gasteiger partial charge on any atom is -0.478 e. The smallest absolute Gasteiger partial charge is 0.337 e. The van der Waals surface area contributed by atoms with Crippen LogP contribution >= 0.6 is 0 Å². The molecule has 2 aliphatic rings. The van der Waals surface area contributed by atoms with Crippen LogP contribution in [-0.4, -0.2) is 15.6 Å². The van der Waals surface area contributed by atoms with Crippen LogP contribution in [0, 0.1) is 17.8 Å². The molecule has 3 atom stereocenters. The summed E-state index contributed by atoms with van der Waals surface area (Å²) >= 11 is 0. The third-order valence-electron chi connectivity index (χ3n) is 5.33. The highest BCUT2D eigenvalue weighted by Crippen LogP contribution is 2.49. The molecule has 2 aliphatic carbocycles. The number of nitrogens with zero attached hydrogens (tertiary/aromatic N) is 1. The predicted molar refractivity (Wildman–Crippen MR) is 77.8 cm³/mol. The van der Waals surface area contributed by atoms with E-state index in [0.717, 1.165) is 35.2 Å². The topological polar surface area (TPSA) is 42.2 Å². The number of carboxylic acid groups (broad SMARTS) is 1. The lowest BCUT2D eigenvalue weighted by atomic mass is 9.89. The average Bonchev–Trinajstić information content (AvgIpc) is 3.13. The molecular formula is C17H19NO2. The summed E-state index contributed by atoms with van der Waals surface area (Å²) in [6.07, 6.45) is 7.35. The van der Waals surface area contributed by atoms with Gasteiger partial charge in [0.2, 0.25) is 0 Å². The Morgan fingerprint density at radius 1 is 1.25 bits per heavy atom. The SMILES string of the molecule is O=C(O)c1cn(CC2CC3CCC2C3)c2ccccc12. The zero-order chi connectivity index (χ0) is 13.7. The fourth-order valence-electron chi connectivity index (χ4n) is 4.42. The molecule has 0 radical (unpaired) electrons. The third-order valence-corrected chi connectivity index (χ3v) is 5.33. The first-order chi connectivity index (χ1) is 9.72. The lowest BCUT2D eigenvalue weighted by Crippen LogP contribution is -2.16. The maximum Gasteiger partial charge on any atom is 0.337 e. The monoisotopic (exact) mass is 269 g/mol. The number of carboxylic acids is 1. The van der Waals surface area contributed by atoms with E-state index in [2.05, 4.69) is 4.57 Å². The van der Waals surface area contributed by atoms with Gasteiger partial charge in [0, 0.05) is 23.6 Å². The highest BCUT2D eigenvalue weighted by molar-refractivity contribution is 6.03.